The molecule has 2 nitrogen and oxygen atoms in total. The summed E-state index contributed by atoms with van der Waals surface area (Å²) in [5.74, 6) is 0.745. The van der Waals surface area contributed by atoms with Crippen LogP contribution < -0.4 is 4.74 Å². The first-order valence-electron chi connectivity index (χ1n) is 6.50. The fourth-order valence-electron chi connectivity index (χ4n) is 2.58. The predicted molar refractivity (Wildman–Crippen MR) is 83.6 cm³/mol. The molecule has 0 aliphatic rings. The van der Waals surface area contributed by atoms with Gasteiger partial charge in [0.25, 0.3) is 0 Å². The summed E-state index contributed by atoms with van der Waals surface area (Å²) in [5, 5.41) is 15.0. The lowest BCUT2D eigenvalue weighted by atomic mass is 9.95. The number of aliphatic hydroxyl groups excluding tert-OH is 1. The first kappa shape index (κ1) is 13.2. The van der Waals surface area contributed by atoms with Crippen molar-refractivity contribution in [3.63, 3.8) is 0 Å². The van der Waals surface area contributed by atoms with Crippen molar-refractivity contribution in [2.45, 2.75) is 13.0 Å². The predicted octanol–water partition coefficient (Wildman–Crippen LogP) is 4.30. The Bertz CT molecular complexity index is 746. The van der Waals surface area contributed by atoms with E-state index in [-0.39, 0.29) is 0 Å². The van der Waals surface area contributed by atoms with Gasteiger partial charge in [-0.3, -0.25) is 0 Å². The summed E-state index contributed by atoms with van der Waals surface area (Å²) in [4.78, 5) is 0.854. The van der Waals surface area contributed by atoms with Gasteiger partial charge in [0.05, 0.1) is 12.0 Å². The molecular formula is C17H16O2S. The van der Waals surface area contributed by atoms with Gasteiger partial charge in [-0.25, -0.2) is 0 Å². The van der Waals surface area contributed by atoms with E-state index in [1.807, 2.05) is 30.5 Å². The van der Waals surface area contributed by atoms with E-state index >= 15 is 0 Å². The first-order chi connectivity index (χ1) is 9.72. The van der Waals surface area contributed by atoms with Gasteiger partial charge in [0, 0.05) is 0 Å². The van der Waals surface area contributed by atoms with Crippen LogP contribution in [0.5, 0.6) is 5.75 Å². The van der Waals surface area contributed by atoms with E-state index in [9.17, 15) is 5.11 Å². The first-order valence-corrected chi connectivity index (χ1v) is 7.38. The standard InChI is InChI=1S/C17H16O2S/c1-11-7-8-12-5-3-4-6-13(12)15(11)16(18)17-14(19-2)9-10-20-17/h3-10,16,18H,1-2H3. The van der Waals surface area contributed by atoms with Crippen LogP contribution in [0.2, 0.25) is 0 Å². The molecule has 0 aliphatic heterocycles. The van der Waals surface area contributed by atoms with Crippen LogP contribution in [0, 0.1) is 6.92 Å². The summed E-state index contributed by atoms with van der Waals surface area (Å²) in [6.07, 6.45) is -0.656. The maximum absolute atomic E-state index is 10.8. The highest BCUT2D eigenvalue weighted by Crippen LogP contribution is 2.38. The molecule has 0 saturated heterocycles. The minimum Gasteiger partial charge on any atom is -0.495 e. The molecule has 20 heavy (non-hydrogen) atoms. The molecule has 0 spiro atoms. The van der Waals surface area contributed by atoms with Crippen LogP contribution in [0.25, 0.3) is 10.8 Å². The molecule has 1 heterocycles. The lowest BCUT2D eigenvalue weighted by Gasteiger charge is -2.16. The molecule has 1 atom stereocenters. The van der Waals surface area contributed by atoms with E-state index in [1.54, 1.807) is 7.11 Å². The third-order valence-electron chi connectivity index (χ3n) is 3.59. The zero-order chi connectivity index (χ0) is 14.1. The number of rotatable bonds is 3. The highest BCUT2D eigenvalue weighted by atomic mass is 32.1. The number of ether oxygens (including phenoxy) is 1. The number of hydrogen-bond acceptors (Lipinski definition) is 3. The summed E-state index contributed by atoms with van der Waals surface area (Å²) in [7, 11) is 1.63. The lowest BCUT2D eigenvalue weighted by molar-refractivity contribution is 0.220. The molecule has 0 amide bonds. The van der Waals surface area contributed by atoms with Crippen LogP contribution >= 0.6 is 11.3 Å². The molecule has 0 radical (unpaired) electrons. The molecule has 2 aromatic carbocycles. The second-order valence-corrected chi connectivity index (χ2v) is 5.72. The normalized spacial score (nSPS) is 12.6. The molecule has 0 fully saturated rings. The molecule has 0 bridgehead atoms. The molecule has 3 aromatic rings. The van der Waals surface area contributed by atoms with Crippen molar-refractivity contribution in [3.8, 4) is 5.75 Å². The minimum atomic E-state index is -0.656. The van der Waals surface area contributed by atoms with Gasteiger partial charge in [-0.2, -0.15) is 0 Å². The third-order valence-corrected chi connectivity index (χ3v) is 4.54. The van der Waals surface area contributed by atoms with Crippen LogP contribution in [0.3, 0.4) is 0 Å². The van der Waals surface area contributed by atoms with E-state index in [0.29, 0.717) is 0 Å². The lowest BCUT2D eigenvalue weighted by Crippen LogP contribution is -2.02. The average Bonchev–Trinajstić information content (AvgIpc) is 2.95. The number of thiophene rings is 1. The fraction of sp³-hybridized carbons (Fsp3) is 0.176. The zero-order valence-corrected chi connectivity index (χ0v) is 12.3. The summed E-state index contributed by atoms with van der Waals surface area (Å²) in [6, 6.07) is 14.2. The maximum atomic E-state index is 10.8. The van der Waals surface area contributed by atoms with Gasteiger partial charge in [0.15, 0.2) is 0 Å². The molecule has 1 N–H and O–H groups in total. The Hall–Kier alpha value is -1.84. The van der Waals surface area contributed by atoms with Crippen molar-refractivity contribution in [2.24, 2.45) is 0 Å². The summed E-state index contributed by atoms with van der Waals surface area (Å²) in [5.41, 5.74) is 2.05. The topological polar surface area (TPSA) is 29.5 Å². The van der Waals surface area contributed by atoms with Gasteiger partial charge >= 0.3 is 0 Å². The Morgan fingerprint density at radius 3 is 2.70 bits per heavy atom. The van der Waals surface area contributed by atoms with Gasteiger partial charge in [-0.1, -0.05) is 36.4 Å². The van der Waals surface area contributed by atoms with Crippen molar-refractivity contribution in [1.29, 1.82) is 0 Å². The van der Waals surface area contributed by atoms with Crippen molar-refractivity contribution >= 4 is 22.1 Å². The monoisotopic (exact) mass is 284 g/mol. The highest BCUT2D eigenvalue weighted by molar-refractivity contribution is 7.10. The number of fused-ring (bicyclic) bond motifs is 1. The second-order valence-electron chi connectivity index (χ2n) is 4.77. The molecule has 3 heteroatoms. The van der Waals surface area contributed by atoms with Crippen molar-refractivity contribution in [3.05, 3.63) is 63.8 Å². The van der Waals surface area contributed by atoms with Crippen LogP contribution in [0.4, 0.5) is 0 Å². The van der Waals surface area contributed by atoms with Gasteiger partial charge in [0.1, 0.15) is 11.9 Å². The summed E-state index contributed by atoms with van der Waals surface area (Å²) < 4.78 is 5.33. The number of benzene rings is 2. The maximum Gasteiger partial charge on any atom is 0.135 e. The van der Waals surface area contributed by atoms with E-state index < -0.39 is 6.10 Å². The Balaban J connectivity index is 2.21. The number of methoxy groups -OCH3 is 1. The van der Waals surface area contributed by atoms with Crippen LogP contribution in [-0.2, 0) is 0 Å². The van der Waals surface area contributed by atoms with Gasteiger partial charge in [0.2, 0.25) is 0 Å². The second kappa shape index (κ2) is 5.27. The SMILES string of the molecule is COc1ccsc1C(O)c1c(C)ccc2ccccc12. The van der Waals surface area contributed by atoms with E-state index in [0.717, 1.165) is 32.5 Å². The Kier molecular flexibility index (Phi) is 3.47. The average molecular weight is 284 g/mol. The quantitative estimate of drug-likeness (QED) is 0.777. The van der Waals surface area contributed by atoms with Gasteiger partial charge in [-0.05, 0) is 40.3 Å². The molecule has 0 aliphatic carbocycles. The molecule has 102 valence electrons. The number of aliphatic hydroxyl groups is 1. The van der Waals surface area contributed by atoms with Crippen LogP contribution in [0.15, 0.2) is 47.8 Å². The largest absolute Gasteiger partial charge is 0.495 e. The van der Waals surface area contributed by atoms with Crippen molar-refractivity contribution in [2.75, 3.05) is 7.11 Å². The number of aryl methyl sites for hydroxylation is 1. The third kappa shape index (κ3) is 2.09. The number of hydrogen-bond donors (Lipinski definition) is 1. The van der Waals surface area contributed by atoms with E-state index in [4.69, 9.17) is 4.74 Å². The zero-order valence-electron chi connectivity index (χ0n) is 11.5. The van der Waals surface area contributed by atoms with E-state index in [1.165, 1.54) is 11.3 Å². The fourth-order valence-corrected chi connectivity index (χ4v) is 3.43. The van der Waals surface area contributed by atoms with Crippen molar-refractivity contribution in [1.82, 2.24) is 0 Å². The van der Waals surface area contributed by atoms with Crippen molar-refractivity contribution < 1.29 is 9.84 Å². The summed E-state index contributed by atoms with van der Waals surface area (Å²) in [6.45, 7) is 2.03. The molecule has 1 unspecified atom stereocenters. The van der Waals surface area contributed by atoms with Crippen LogP contribution in [-0.4, -0.2) is 12.2 Å². The highest BCUT2D eigenvalue weighted by Gasteiger charge is 2.20. The van der Waals surface area contributed by atoms with Gasteiger partial charge in [-0.15, -0.1) is 11.3 Å². The van der Waals surface area contributed by atoms with Crippen LogP contribution in [0.1, 0.15) is 22.1 Å². The molecule has 0 saturated carbocycles. The molecular weight excluding hydrogens is 268 g/mol. The summed E-state index contributed by atoms with van der Waals surface area (Å²) >= 11 is 1.52. The molecule has 3 rings (SSSR count). The smallest absolute Gasteiger partial charge is 0.135 e. The Labute approximate surface area is 122 Å². The Morgan fingerprint density at radius 1 is 1.10 bits per heavy atom. The van der Waals surface area contributed by atoms with E-state index in [2.05, 4.69) is 24.3 Å². The van der Waals surface area contributed by atoms with Gasteiger partial charge < -0.3 is 9.84 Å². The molecule has 1 aromatic heterocycles. The minimum absolute atomic E-state index is 0.656. The Morgan fingerprint density at radius 2 is 1.90 bits per heavy atom.